The van der Waals surface area contributed by atoms with Crippen LogP contribution in [0.15, 0.2) is 18.2 Å². The average molecular weight is 472 g/mol. The van der Waals surface area contributed by atoms with Crippen molar-refractivity contribution in [3.05, 3.63) is 29.3 Å². The van der Waals surface area contributed by atoms with Gasteiger partial charge in [-0.15, -0.1) is 0 Å². The minimum absolute atomic E-state index is 0.00491. The zero-order valence-electron chi connectivity index (χ0n) is 19.0. The van der Waals surface area contributed by atoms with Crippen LogP contribution in [0.4, 0.5) is 13.2 Å². The van der Waals surface area contributed by atoms with Gasteiger partial charge in [0, 0.05) is 17.9 Å². The summed E-state index contributed by atoms with van der Waals surface area (Å²) in [6.07, 6.45) is 3.05. The fraction of sp³-hybridized carbons (Fsp3) is 0.667. The van der Waals surface area contributed by atoms with Crippen molar-refractivity contribution >= 4 is 11.9 Å². The van der Waals surface area contributed by atoms with E-state index >= 15 is 0 Å². The molecular formula is C24H32F3NO5. The van der Waals surface area contributed by atoms with Gasteiger partial charge in [0.15, 0.2) is 0 Å². The zero-order valence-corrected chi connectivity index (χ0v) is 19.0. The third-order valence-electron chi connectivity index (χ3n) is 6.88. The van der Waals surface area contributed by atoms with Crippen LogP contribution in [-0.2, 0) is 26.2 Å². The number of halogens is 3. The number of ether oxygens (including phenoxy) is 2. The van der Waals surface area contributed by atoms with Crippen molar-refractivity contribution in [3.63, 3.8) is 0 Å². The van der Waals surface area contributed by atoms with E-state index in [4.69, 9.17) is 19.4 Å². The van der Waals surface area contributed by atoms with E-state index in [1.807, 2.05) is 19.9 Å². The predicted octanol–water partition coefficient (Wildman–Crippen LogP) is 4.59. The van der Waals surface area contributed by atoms with Crippen LogP contribution in [0.2, 0.25) is 0 Å². The molecule has 2 N–H and O–H groups in total. The number of carboxylic acids is 1. The highest BCUT2D eigenvalue weighted by Crippen LogP contribution is 2.54. The van der Waals surface area contributed by atoms with Crippen LogP contribution in [0.1, 0.15) is 63.5 Å². The Morgan fingerprint density at radius 1 is 1.24 bits per heavy atom. The summed E-state index contributed by atoms with van der Waals surface area (Å²) in [5.41, 5.74) is 3.31. The number of benzene rings is 1. The molecule has 6 nitrogen and oxygen atoms in total. The number of fused-ring (bicyclic) bond motifs is 1. The van der Waals surface area contributed by atoms with Gasteiger partial charge in [-0.3, -0.25) is 4.79 Å². The molecule has 3 atom stereocenters. The number of carbonyl (C=O) groups is 2. The molecule has 0 radical (unpaired) electrons. The van der Waals surface area contributed by atoms with Crippen LogP contribution in [0.5, 0.6) is 5.75 Å². The van der Waals surface area contributed by atoms with Crippen molar-refractivity contribution in [2.45, 2.75) is 76.4 Å². The Kier molecular flexibility index (Phi) is 7.92. The predicted molar refractivity (Wildman–Crippen MR) is 115 cm³/mol. The van der Waals surface area contributed by atoms with Crippen LogP contribution in [-0.4, -0.2) is 42.6 Å². The molecule has 0 amide bonds. The Hall–Kier alpha value is -2.29. The summed E-state index contributed by atoms with van der Waals surface area (Å²) in [5.74, 6) is -1.05. The quantitative estimate of drug-likeness (QED) is 0.483. The van der Waals surface area contributed by atoms with Crippen molar-refractivity contribution in [2.75, 3.05) is 13.3 Å². The first kappa shape index (κ1) is 25.3. The number of carbonyl (C=O) groups excluding carboxylic acids is 1. The smallest absolute Gasteiger partial charge is 0.475 e. The number of hydrogen-bond acceptors (Lipinski definition) is 5. The van der Waals surface area contributed by atoms with Crippen LogP contribution < -0.4 is 10.1 Å². The van der Waals surface area contributed by atoms with E-state index in [-0.39, 0.29) is 12.8 Å². The lowest BCUT2D eigenvalue weighted by molar-refractivity contribution is -0.192. The van der Waals surface area contributed by atoms with Gasteiger partial charge in [-0.25, -0.2) is 4.79 Å². The Bertz CT molecular complexity index is 853. The number of aliphatic carboxylic acids is 1. The van der Waals surface area contributed by atoms with Crippen LogP contribution in [0, 0.1) is 11.8 Å². The summed E-state index contributed by atoms with van der Waals surface area (Å²) in [6, 6.07) is 7.14. The van der Waals surface area contributed by atoms with E-state index in [1.54, 1.807) is 0 Å². The first-order valence-electron chi connectivity index (χ1n) is 11.5. The van der Waals surface area contributed by atoms with Gasteiger partial charge >= 0.3 is 18.1 Å². The van der Waals surface area contributed by atoms with Crippen LogP contribution in [0.25, 0.3) is 0 Å². The Balaban J connectivity index is 0.000000383. The molecule has 3 aliphatic rings. The van der Waals surface area contributed by atoms with Crippen molar-refractivity contribution in [1.29, 1.82) is 0 Å². The fourth-order valence-electron chi connectivity index (χ4n) is 5.55. The van der Waals surface area contributed by atoms with Gasteiger partial charge in [-0.2, -0.15) is 13.2 Å². The van der Waals surface area contributed by atoms with Crippen LogP contribution in [0.3, 0.4) is 0 Å². The van der Waals surface area contributed by atoms with Crippen molar-refractivity contribution in [2.24, 2.45) is 11.8 Å². The standard InChI is InChI=1S/C22H31NO3.C2HF3O2/c1-15(2)11-21(24)26-14-25-17-7-6-16-12-20-18-5-3-4-8-22(18,9-10-23-20)19(16)13-17;3-2(4,5)1(6)7/h6-7,13,15,18,20,23H,3-5,8-12,14H2,1-2H3;(H,6,7)/t18-,20-,22+;/m1./s1. The molecule has 9 heteroatoms. The monoisotopic (exact) mass is 471 g/mol. The van der Waals surface area contributed by atoms with Gasteiger partial charge in [-0.05, 0) is 67.3 Å². The minimum Gasteiger partial charge on any atom is -0.475 e. The molecule has 1 saturated heterocycles. The van der Waals surface area contributed by atoms with E-state index in [1.165, 1.54) is 43.2 Å². The average Bonchev–Trinajstić information content (AvgIpc) is 2.73. The molecule has 1 aromatic carbocycles. The molecule has 1 saturated carbocycles. The van der Waals surface area contributed by atoms with Crippen LogP contribution >= 0.6 is 0 Å². The van der Waals surface area contributed by atoms with E-state index < -0.39 is 12.1 Å². The first-order chi connectivity index (χ1) is 15.5. The second-order valence-electron chi connectivity index (χ2n) is 9.52. The van der Waals surface area contributed by atoms with Crippen molar-refractivity contribution in [1.82, 2.24) is 5.32 Å². The number of hydrogen-bond donors (Lipinski definition) is 2. The lowest BCUT2D eigenvalue weighted by Gasteiger charge is -2.56. The topological polar surface area (TPSA) is 84.9 Å². The first-order valence-corrected chi connectivity index (χ1v) is 11.5. The SMILES string of the molecule is CC(C)CC(=O)OCOc1ccc2c(c1)[C@]13CCCC[C@@H]1[C@@H](C2)NCC3.O=C(O)C(F)(F)F. The molecule has 2 fully saturated rings. The number of esters is 1. The van der Waals surface area contributed by atoms with Gasteiger partial charge in [0.05, 0.1) is 0 Å². The number of nitrogens with one attached hydrogen (secondary N) is 1. The highest BCUT2D eigenvalue weighted by Gasteiger charge is 2.51. The van der Waals surface area contributed by atoms with Crippen molar-refractivity contribution < 1.29 is 37.3 Å². The summed E-state index contributed by atoms with van der Waals surface area (Å²) in [4.78, 5) is 20.6. The molecular weight excluding hydrogens is 439 g/mol. The Morgan fingerprint density at radius 2 is 1.97 bits per heavy atom. The lowest BCUT2D eigenvalue weighted by atomic mass is 9.53. The van der Waals surface area contributed by atoms with Crippen molar-refractivity contribution in [3.8, 4) is 5.75 Å². The number of alkyl halides is 3. The van der Waals surface area contributed by atoms with Gasteiger partial charge < -0.3 is 19.9 Å². The van der Waals surface area contributed by atoms with Gasteiger partial charge in [0.25, 0.3) is 0 Å². The maximum atomic E-state index is 11.7. The summed E-state index contributed by atoms with van der Waals surface area (Å²) < 4.78 is 42.7. The van der Waals surface area contributed by atoms with E-state index in [2.05, 4.69) is 17.4 Å². The molecule has 0 aromatic heterocycles. The zero-order chi connectivity index (χ0) is 24.2. The molecule has 1 heterocycles. The summed E-state index contributed by atoms with van der Waals surface area (Å²) >= 11 is 0. The van der Waals surface area contributed by atoms with Gasteiger partial charge in [-0.1, -0.05) is 32.8 Å². The number of piperidine rings is 1. The second kappa shape index (κ2) is 10.3. The molecule has 0 spiro atoms. The third-order valence-corrected chi connectivity index (χ3v) is 6.88. The maximum Gasteiger partial charge on any atom is 0.490 e. The van der Waals surface area contributed by atoms with E-state index in [9.17, 15) is 18.0 Å². The summed E-state index contributed by atoms with van der Waals surface area (Å²) in [6.45, 7) is 5.15. The Labute approximate surface area is 191 Å². The minimum atomic E-state index is -5.08. The fourth-order valence-corrected chi connectivity index (χ4v) is 5.55. The van der Waals surface area contributed by atoms with Gasteiger partial charge in [0.1, 0.15) is 5.75 Å². The largest absolute Gasteiger partial charge is 0.490 e. The number of carboxylic acid groups (broad SMARTS) is 1. The van der Waals surface area contributed by atoms with E-state index in [0.29, 0.717) is 23.8 Å². The lowest BCUT2D eigenvalue weighted by Crippen LogP contribution is -2.59. The highest BCUT2D eigenvalue weighted by molar-refractivity contribution is 5.73. The molecule has 184 valence electrons. The molecule has 1 aliphatic heterocycles. The number of rotatable bonds is 5. The third kappa shape index (κ3) is 5.99. The summed E-state index contributed by atoms with van der Waals surface area (Å²) in [5, 5.41) is 10.9. The second-order valence-corrected chi connectivity index (χ2v) is 9.52. The molecule has 2 bridgehead atoms. The molecule has 4 rings (SSSR count). The molecule has 33 heavy (non-hydrogen) atoms. The molecule has 2 aliphatic carbocycles. The molecule has 0 unspecified atom stereocenters. The highest BCUT2D eigenvalue weighted by atomic mass is 19.4. The normalized spacial score (nSPS) is 25.8. The Morgan fingerprint density at radius 3 is 2.64 bits per heavy atom. The van der Waals surface area contributed by atoms with Gasteiger partial charge in [0.2, 0.25) is 6.79 Å². The maximum absolute atomic E-state index is 11.7. The molecule has 1 aromatic rings. The summed E-state index contributed by atoms with van der Waals surface area (Å²) in [7, 11) is 0. The van der Waals surface area contributed by atoms with E-state index in [0.717, 1.165) is 24.6 Å².